The second kappa shape index (κ2) is 13.0. The third-order valence-electron chi connectivity index (χ3n) is 5.61. The number of aryl methyl sites for hydroxylation is 1. The standard InChI is InChI=1S/C28H30BrFN2O3/c1-3-15-31-28(34)26(17-21-9-5-4-6-10-21)32(18-22-11-7-8-12-25(22)30)27(33)19-35-23-13-14-24(29)20(2)16-23/h4-14,16,26H,3,15,17-19H2,1-2H3,(H,31,34). The summed E-state index contributed by atoms with van der Waals surface area (Å²) in [4.78, 5) is 28.1. The number of benzene rings is 3. The first-order chi connectivity index (χ1) is 16.9. The molecule has 2 amide bonds. The molecule has 0 heterocycles. The molecule has 0 aliphatic rings. The summed E-state index contributed by atoms with van der Waals surface area (Å²) in [6, 6.07) is 20.4. The molecule has 0 spiro atoms. The molecule has 0 bridgehead atoms. The van der Waals surface area contributed by atoms with E-state index in [9.17, 15) is 14.0 Å². The quantitative estimate of drug-likeness (QED) is 0.352. The van der Waals surface area contributed by atoms with Gasteiger partial charge in [0, 0.05) is 29.5 Å². The Morgan fingerprint density at radius 2 is 1.77 bits per heavy atom. The molecule has 3 rings (SSSR count). The fourth-order valence-electron chi connectivity index (χ4n) is 3.67. The Kier molecular flexibility index (Phi) is 9.85. The molecule has 1 atom stereocenters. The van der Waals surface area contributed by atoms with Gasteiger partial charge in [0.25, 0.3) is 5.91 Å². The molecule has 7 heteroatoms. The number of hydrogen-bond acceptors (Lipinski definition) is 3. The lowest BCUT2D eigenvalue weighted by Gasteiger charge is -2.31. The SMILES string of the molecule is CCCNC(=O)C(Cc1ccccc1)N(Cc1ccccc1F)C(=O)COc1ccc(Br)c(C)c1. The number of amides is 2. The summed E-state index contributed by atoms with van der Waals surface area (Å²) >= 11 is 3.45. The van der Waals surface area contributed by atoms with E-state index in [0.29, 0.717) is 24.3 Å². The number of hydrogen-bond donors (Lipinski definition) is 1. The average molecular weight is 541 g/mol. The van der Waals surface area contributed by atoms with Gasteiger partial charge < -0.3 is 15.0 Å². The van der Waals surface area contributed by atoms with Crippen LogP contribution in [0, 0.1) is 12.7 Å². The van der Waals surface area contributed by atoms with Crippen molar-refractivity contribution in [2.75, 3.05) is 13.2 Å². The zero-order chi connectivity index (χ0) is 25.2. The number of nitrogens with zero attached hydrogens (tertiary/aromatic N) is 1. The Hall–Kier alpha value is -3.19. The Morgan fingerprint density at radius 1 is 1.06 bits per heavy atom. The minimum Gasteiger partial charge on any atom is -0.484 e. The van der Waals surface area contributed by atoms with E-state index in [4.69, 9.17) is 4.74 Å². The predicted octanol–water partition coefficient (Wildman–Crippen LogP) is 5.44. The van der Waals surface area contributed by atoms with Gasteiger partial charge in [-0.3, -0.25) is 9.59 Å². The largest absolute Gasteiger partial charge is 0.484 e. The molecule has 0 saturated carbocycles. The lowest BCUT2D eigenvalue weighted by atomic mass is 10.0. The smallest absolute Gasteiger partial charge is 0.261 e. The van der Waals surface area contributed by atoms with Gasteiger partial charge in [0.2, 0.25) is 5.91 Å². The molecule has 1 unspecified atom stereocenters. The van der Waals surface area contributed by atoms with Crippen LogP contribution in [-0.4, -0.2) is 35.9 Å². The summed E-state index contributed by atoms with van der Waals surface area (Å²) < 4.78 is 21.3. The number of ether oxygens (including phenoxy) is 1. The van der Waals surface area contributed by atoms with Gasteiger partial charge >= 0.3 is 0 Å². The maximum Gasteiger partial charge on any atom is 0.261 e. The van der Waals surface area contributed by atoms with Crippen LogP contribution in [-0.2, 0) is 22.6 Å². The van der Waals surface area contributed by atoms with Gasteiger partial charge in [-0.05, 0) is 48.7 Å². The Labute approximate surface area is 214 Å². The first-order valence-corrected chi connectivity index (χ1v) is 12.4. The van der Waals surface area contributed by atoms with Gasteiger partial charge in [-0.25, -0.2) is 4.39 Å². The van der Waals surface area contributed by atoms with Crippen LogP contribution in [0.4, 0.5) is 4.39 Å². The van der Waals surface area contributed by atoms with Gasteiger partial charge in [0.1, 0.15) is 17.6 Å². The normalized spacial score (nSPS) is 11.5. The van der Waals surface area contributed by atoms with Crippen molar-refractivity contribution in [3.63, 3.8) is 0 Å². The van der Waals surface area contributed by atoms with Gasteiger partial charge in [-0.15, -0.1) is 0 Å². The van der Waals surface area contributed by atoms with E-state index < -0.39 is 17.8 Å². The van der Waals surface area contributed by atoms with Crippen LogP contribution in [0.15, 0.2) is 77.3 Å². The lowest BCUT2D eigenvalue weighted by molar-refractivity contribution is -0.142. The van der Waals surface area contributed by atoms with Crippen LogP contribution in [0.2, 0.25) is 0 Å². The average Bonchev–Trinajstić information content (AvgIpc) is 2.86. The highest BCUT2D eigenvalue weighted by Gasteiger charge is 2.31. The molecule has 1 N–H and O–H groups in total. The molecule has 5 nitrogen and oxygen atoms in total. The molecule has 0 saturated heterocycles. The van der Waals surface area contributed by atoms with E-state index >= 15 is 0 Å². The molecule has 3 aromatic rings. The highest BCUT2D eigenvalue weighted by Crippen LogP contribution is 2.22. The number of carbonyl (C=O) groups excluding carboxylic acids is 2. The fraction of sp³-hybridized carbons (Fsp3) is 0.286. The first-order valence-electron chi connectivity index (χ1n) is 11.6. The van der Waals surface area contributed by atoms with Crippen LogP contribution < -0.4 is 10.1 Å². The van der Waals surface area contributed by atoms with Crippen LogP contribution >= 0.6 is 15.9 Å². The molecule has 35 heavy (non-hydrogen) atoms. The number of rotatable bonds is 11. The van der Waals surface area contributed by atoms with Crippen LogP contribution in [0.1, 0.15) is 30.0 Å². The fourth-order valence-corrected chi connectivity index (χ4v) is 3.91. The third-order valence-corrected chi connectivity index (χ3v) is 6.50. The van der Waals surface area contributed by atoms with Crippen molar-refractivity contribution in [3.05, 3.63) is 99.8 Å². The summed E-state index contributed by atoms with van der Waals surface area (Å²) in [6.07, 6.45) is 1.06. The molecule has 0 aliphatic heterocycles. The van der Waals surface area contributed by atoms with Crippen molar-refractivity contribution in [2.24, 2.45) is 0 Å². The first kappa shape index (κ1) is 26.4. The maximum atomic E-state index is 14.6. The van der Waals surface area contributed by atoms with E-state index in [1.165, 1.54) is 11.0 Å². The van der Waals surface area contributed by atoms with E-state index in [2.05, 4.69) is 21.2 Å². The number of halogens is 2. The zero-order valence-corrected chi connectivity index (χ0v) is 21.6. The molecule has 3 aromatic carbocycles. The monoisotopic (exact) mass is 540 g/mol. The second-order valence-electron chi connectivity index (χ2n) is 8.31. The summed E-state index contributed by atoms with van der Waals surface area (Å²) in [5.74, 6) is -0.566. The highest BCUT2D eigenvalue weighted by molar-refractivity contribution is 9.10. The maximum absolute atomic E-state index is 14.6. The van der Waals surface area contributed by atoms with Crippen molar-refractivity contribution in [1.82, 2.24) is 10.2 Å². The molecule has 0 radical (unpaired) electrons. The minimum atomic E-state index is -0.827. The lowest BCUT2D eigenvalue weighted by Crippen LogP contribution is -2.52. The van der Waals surface area contributed by atoms with Gasteiger partial charge in [-0.1, -0.05) is 71.4 Å². The second-order valence-corrected chi connectivity index (χ2v) is 9.16. The highest BCUT2D eigenvalue weighted by atomic mass is 79.9. The van der Waals surface area contributed by atoms with Crippen LogP contribution in [0.25, 0.3) is 0 Å². The van der Waals surface area contributed by atoms with Gasteiger partial charge in [0.15, 0.2) is 6.61 Å². The van der Waals surface area contributed by atoms with E-state index in [-0.39, 0.29) is 19.1 Å². The van der Waals surface area contributed by atoms with Crippen LogP contribution in [0.3, 0.4) is 0 Å². The van der Waals surface area contributed by atoms with E-state index in [1.54, 1.807) is 24.3 Å². The summed E-state index contributed by atoms with van der Waals surface area (Å²) in [6.45, 7) is 4.05. The molecular formula is C28H30BrFN2O3. The van der Waals surface area contributed by atoms with Crippen molar-refractivity contribution in [2.45, 2.75) is 39.3 Å². The summed E-state index contributed by atoms with van der Waals surface area (Å²) in [7, 11) is 0. The molecule has 0 fully saturated rings. The van der Waals surface area contributed by atoms with Crippen molar-refractivity contribution in [1.29, 1.82) is 0 Å². The summed E-state index contributed by atoms with van der Waals surface area (Å²) in [5, 5.41) is 2.90. The van der Waals surface area contributed by atoms with Gasteiger partial charge in [0.05, 0.1) is 0 Å². The van der Waals surface area contributed by atoms with Crippen molar-refractivity contribution >= 4 is 27.7 Å². The summed E-state index contributed by atoms with van der Waals surface area (Å²) in [5.41, 5.74) is 2.21. The van der Waals surface area contributed by atoms with Crippen molar-refractivity contribution < 1.29 is 18.7 Å². The molecule has 184 valence electrons. The molecular weight excluding hydrogens is 511 g/mol. The zero-order valence-electron chi connectivity index (χ0n) is 20.0. The van der Waals surface area contributed by atoms with Crippen LogP contribution in [0.5, 0.6) is 5.75 Å². The van der Waals surface area contributed by atoms with Gasteiger partial charge in [-0.2, -0.15) is 0 Å². The van der Waals surface area contributed by atoms with E-state index in [1.807, 2.05) is 56.3 Å². The Morgan fingerprint density at radius 3 is 2.46 bits per heavy atom. The molecule has 0 aromatic heterocycles. The topological polar surface area (TPSA) is 58.6 Å². The number of carbonyl (C=O) groups is 2. The Balaban J connectivity index is 1.90. The van der Waals surface area contributed by atoms with Crippen molar-refractivity contribution in [3.8, 4) is 5.75 Å². The third kappa shape index (κ3) is 7.65. The minimum absolute atomic E-state index is 0.0503. The Bertz CT molecular complexity index is 1140. The predicted molar refractivity (Wildman–Crippen MR) is 139 cm³/mol. The molecule has 0 aliphatic carbocycles. The number of nitrogens with one attached hydrogen (secondary N) is 1. The van der Waals surface area contributed by atoms with E-state index in [0.717, 1.165) is 22.0 Å².